The fourth-order valence-electron chi connectivity index (χ4n) is 4.22. The SMILES string of the molecule is CC1(c2cccc(-n3cnnn3)c2)NC(=O)N(CC(=O)Nc2ccccc2Cc2ccccc2)C1=O. The Bertz CT molecular complexity index is 1420. The van der Waals surface area contributed by atoms with Crippen LogP contribution in [0.1, 0.15) is 23.6 Å². The lowest BCUT2D eigenvalue weighted by Crippen LogP contribution is -2.42. The summed E-state index contributed by atoms with van der Waals surface area (Å²) >= 11 is 0. The molecule has 1 aliphatic heterocycles. The summed E-state index contributed by atoms with van der Waals surface area (Å²) in [5, 5.41) is 16.7. The number of carbonyl (C=O) groups is 3. The van der Waals surface area contributed by atoms with E-state index in [2.05, 4.69) is 26.2 Å². The van der Waals surface area contributed by atoms with E-state index in [1.165, 1.54) is 11.0 Å². The number of rotatable bonds is 7. The molecule has 3 aromatic carbocycles. The fourth-order valence-corrected chi connectivity index (χ4v) is 4.22. The third kappa shape index (κ3) is 4.43. The molecule has 5 rings (SSSR count). The van der Waals surface area contributed by atoms with E-state index in [0.29, 0.717) is 23.4 Å². The van der Waals surface area contributed by atoms with Crippen molar-refractivity contribution in [3.05, 3.63) is 102 Å². The second-order valence-electron chi connectivity index (χ2n) is 8.62. The number of tetrazole rings is 1. The van der Waals surface area contributed by atoms with Gasteiger partial charge in [0.05, 0.1) is 5.69 Å². The van der Waals surface area contributed by atoms with Crippen molar-refractivity contribution in [3.63, 3.8) is 0 Å². The van der Waals surface area contributed by atoms with Crippen LogP contribution in [0.25, 0.3) is 5.69 Å². The van der Waals surface area contributed by atoms with Gasteiger partial charge in [0.15, 0.2) is 0 Å². The molecule has 1 atom stereocenters. The number of benzene rings is 3. The Kier molecular flexibility index (Phi) is 5.99. The third-order valence-electron chi connectivity index (χ3n) is 6.14. The van der Waals surface area contributed by atoms with E-state index in [9.17, 15) is 14.4 Å². The van der Waals surface area contributed by atoms with Gasteiger partial charge >= 0.3 is 6.03 Å². The Morgan fingerprint density at radius 2 is 1.78 bits per heavy atom. The standard InChI is InChI=1S/C26H23N7O3/c1-26(20-11-7-12-21(15-20)33-17-27-30-31-33)24(35)32(25(36)29-26)16-23(34)28-22-13-6-5-10-19(22)14-18-8-3-2-4-9-18/h2-13,15,17H,14,16H2,1H3,(H,28,34)(H,29,36). The molecule has 2 heterocycles. The van der Waals surface area contributed by atoms with Crippen molar-refractivity contribution in [1.82, 2.24) is 30.4 Å². The van der Waals surface area contributed by atoms with Crippen LogP contribution >= 0.6 is 0 Å². The van der Waals surface area contributed by atoms with Gasteiger partial charge < -0.3 is 10.6 Å². The number of aromatic nitrogens is 4. The largest absolute Gasteiger partial charge is 0.325 e. The van der Waals surface area contributed by atoms with Crippen molar-refractivity contribution in [2.75, 3.05) is 11.9 Å². The van der Waals surface area contributed by atoms with E-state index in [1.54, 1.807) is 37.3 Å². The number of anilines is 1. The van der Waals surface area contributed by atoms with Crippen LogP contribution in [0.15, 0.2) is 85.2 Å². The maximum Gasteiger partial charge on any atom is 0.325 e. The lowest BCUT2D eigenvalue weighted by molar-refractivity contribution is -0.133. The van der Waals surface area contributed by atoms with Gasteiger partial charge in [0.1, 0.15) is 18.4 Å². The van der Waals surface area contributed by atoms with Crippen molar-refractivity contribution in [2.45, 2.75) is 18.9 Å². The average molecular weight is 482 g/mol. The van der Waals surface area contributed by atoms with Gasteiger partial charge in [-0.15, -0.1) is 5.10 Å². The molecular formula is C26H23N7O3. The third-order valence-corrected chi connectivity index (χ3v) is 6.14. The quantitative estimate of drug-likeness (QED) is 0.392. The minimum Gasteiger partial charge on any atom is -0.324 e. The minimum absolute atomic E-state index is 0.410. The van der Waals surface area contributed by atoms with Gasteiger partial charge in [-0.2, -0.15) is 0 Å². The predicted octanol–water partition coefficient (Wildman–Crippen LogP) is 2.66. The van der Waals surface area contributed by atoms with Crippen molar-refractivity contribution in [2.24, 2.45) is 0 Å². The summed E-state index contributed by atoms with van der Waals surface area (Å²) in [6.07, 6.45) is 2.07. The number of para-hydroxylation sites is 1. The summed E-state index contributed by atoms with van der Waals surface area (Å²) in [7, 11) is 0. The van der Waals surface area contributed by atoms with Crippen LogP contribution in [-0.2, 0) is 21.5 Å². The molecule has 0 aliphatic carbocycles. The van der Waals surface area contributed by atoms with Gasteiger partial charge in [-0.25, -0.2) is 9.48 Å². The van der Waals surface area contributed by atoms with Crippen LogP contribution in [-0.4, -0.2) is 49.5 Å². The minimum atomic E-state index is -1.34. The highest BCUT2D eigenvalue weighted by molar-refractivity contribution is 6.10. The van der Waals surface area contributed by atoms with Crippen LogP contribution in [0.2, 0.25) is 0 Å². The molecular weight excluding hydrogens is 458 g/mol. The van der Waals surface area contributed by atoms with Gasteiger partial charge in [-0.3, -0.25) is 14.5 Å². The molecule has 4 aromatic rings. The van der Waals surface area contributed by atoms with Gasteiger partial charge in [-0.05, 0) is 58.7 Å². The molecule has 0 radical (unpaired) electrons. The normalized spacial score (nSPS) is 17.2. The Hall–Kier alpha value is -4.86. The number of imide groups is 1. The number of urea groups is 1. The molecule has 1 saturated heterocycles. The fraction of sp³-hybridized carbons (Fsp3) is 0.154. The number of nitrogens with one attached hydrogen (secondary N) is 2. The van der Waals surface area contributed by atoms with Gasteiger partial charge in [-0.1, -0.05) is 60.7 Å². The summed E-state index contributed by atoms with van der Waals surface area (Å²) < 4.78 is 1.45. The highest BCUT2D eigenvalue weighted by atomic mass is 16.2. The summed E-state index contributed by atoms with van der Waals surface area (Å²) in [4.78, 5) is 39.9. The van der Waals surface area contributed by atoms with Gasteiger partial charge in [0.2, 0.25) is 5.91 Å². The van der Waals surface area contributed by atoms with Crippen LogP contribution in [0.3, 0.4) is 0 Å². The molecule has 1 unspecified atom stereocenters. The van der Waals surface area contributed by atoms with Crippen LogP contribution in [0.5, 0.6) is 0 Å². The molecule has 0 spiro atoms. The van der Waals surface area contributed by atoms with Crippen molar-refractivity contribution < 1.29 is 14.4 Å². The second-order valence-corrected chi connectivity index (χ2v) is 8.62. The Morgan fingerprint density at radius 1 is 1.00 bits per heavy atom. The van der Waals surface area contributed by atoms with Crippen molar-refractivity contribution in [3.8, 4) is 5.69 Å². The molecule has 1 fully saturated rings. The maximum absolute atomic E-state index is 13.3. The first-order valence-corrected chi connectivity index (χ1v) is 11.3. The predicted molar refractivity (Wildman–Crippen MR) is 131 cm³/mol. The Morgan fingerprint density at radius 3 is 2.56 bits per heavy atom. The van der Waals surface area contributed by atoms with Crippen LogP contribution in [0, 0.1) is 0 Å². The lowest BCUT2D eigenvalue weighted by Gasteiger charge is -2.22. The molecule has 10 heteroatoms. The Labute approximate surface area is 206 Å². The monoisotopic (exact) mass is 481 g/mol. The topological polar surface area (TPSA) is 122 Å². The summed E-state index contributed by atoms with van der Waals surface area (Å²) in [6.45, 7) is 1.20. The molecule has 10 nitrogen and oxygen atoms in total. The number of hydrogen-bond donors (Lipinski definition) is 2. The van der Waals surface area contributed by atoms with E-state index < -0.39 is 29.9 Å². The zero-order valence-electron chi connectivity index (χ0n) is 19.5. The zero-order chi connectivity index (χ0) is 25.1. The molecule has 36 heavy (non-hydrogen) atoms. The van der Waals surface area contributed by atoms with Crippen LogP contribution in [0.4, 0.5) is 10.5 Å². The molecule has 0 bridgehead atoms. The van der Waals surface area contributed by atoms with Crippen LogP contribution < -0.4 is 10.6 Å². The zero-order valence-corrected chi connectivity index (χ0v) is 19.5. The van der Waals surface area contributed by atoms with E-state index in [-0.39, 0.29) is 0 Å². The first-order valence-electron chi connectivity index (χ1n) is 11.3. The molecule has 2 N–H and O–H groups in total. The van der Waals surface area contributed by atoms with E-state index in [0.717, 1.165) is 16.0 Å². The second kappa shape index (κ2) is 9.41. The Balaban J connectivity index is 1.31. The number of carbonyl (C=O) groups excluding carboxylic acids is 3. The number of nitrogens with zero attached hydrogens (tertiary/aromatic N) is 5. The first-order chi connectivity index (χ1) is 17.4. The van der Waals surface area contributed by atoms with Crippen molar-refractivity contribution in [1.29, 1.82) is 0 Å². The maximum atomic E-state index is 13.3. The highest BCUT2D eigenvalue weighted by Crippen LogP contribution is 2.30. The van der Waals surface area contributed by atoms with E-state index in [1.807, 2.05) is 48.5 Å². The average Bonchev–Trinajstić information content (AvgIpc) is 3.50. The van der Waals surface area contributed by atoms with Crippen molar-refractivity contribution >= 4 is 23.5 Å². The summed E-state index contributed by atoms with van der Waals surface area (Å²) in [6, 6.07) is 23.7. The molecule has 1 aliphatic rings. The van der Waals surface area contributed by atoms with Gasteiger partial charge in [0, 0.05) is 5.69 Å². The lowest BCUT2D eigenvalue weighted by atomic mass is 9.91. The molecule has 4 amide bonds. The molecule has 1 aromatic heterocycles. The number of amides is 4. The van der Waals surface area contributed by atoms with E-state index >= 15 is 0 Å². The first kappa shape index (κ1) is 22.9. The summed E-state index contributed by atoms with van der Waals surface area (Å²) in [5.41, 5.74) is 2.51. The number of hydrogen-bond acceptors (Lipinski definition) is 6. The molecule has 180 valence electrons. The highest BCUT2D eigenvalue weighted by Gasteiger charge is 2.49. The van der Waals surface area contributed by atoms with Gasteiger partial charge in [0.25, 0.3) is 5.91 Å². The van der Waals surface area contributed by atoms with E-state index in [4.69, 9.17) is 0 Å². The smallest absolute Gasteiger partial charge is 0.324 e. The summed E-state index contributed by atoms with van der Waals surface area (Å²) in [5.74, 6) is -0.986. The molecule has 0 saturated carbocycles.